The number of aromatic hydroxyl groups is 1. The average Bonchev–Trinajstić information content (AvgIpc) is 3.13. The lowest BCUT2D eigenvalue weighted by Gasteiger charge is -2.13. The number of imide groups is 1. The maximum Gasteiger partial charge on any atom is 0.266 e. The van der Waals surface area contributed by atoms with Gasteiger partial charge in [-0.3, -0.25) is 14.4 Å². The van der Waals surface area contributed by atoms with Gasteiger partial charge in [-0.05, 0) is 66.7 Å². The molecular formula is C27H18N4O4. The van der Waals surface area contributed by atoms with Crippen LogP contribution in [-0.4, -0.2) is 22.8 Å². The van der Waals surface area contributed by atoms with E-state index in [-0.39, 0.29) is 22.4 Å². The Bertz CT molecular complexity index is 1480. The molecule has 0 unspecified atom stereocenters. The summed E-state index contributed by atoms with van der Waals surface area (Å²) in [6, 6.07) is 26.3. The lowest BCUT2D eigenvalue weighted by Crippen LogP contribution is -2.29. The number of nitrogens with one attached hydrogen (secondary N) is 1. The van der Waals surface area contributed by atoms with Crippen LogP contribution >= 0.6 is 0 Å². The first-order chi connectivity index (χ1) is 17.0. The highest BCUT2D eigenvalue weighted by Crippen LogP contribution is 2.31. The van der Waals surface area contributed by atoms with Crippen molar-refractivity contribution in [2.75, 3.05) is 10.2 Å². The third-order valence-electron chi connectivity index (χ3n) is 5.40. The van der Waals surface area contributed by atoms with Gasteiger partial charge in [0, 0.05) is 17.3 Å². The number of rotatable bonds is 5. The van der Waals surface area contributed by atoms with Gasteiger partial charge in [-0.25, -0.2) is 4.90 Å². The van der Waals surface area contributed by atoms with Gasteiger partial charge in [0.25, 0.3) is 17.7 Å². The number of fused-ring (bicyclic) bond motifs is 1. The lowest BCUT2D eigenvalue weighted by atomic mass is 10.1. The fourth-order valence-electron chi connectivity index (χ4n) is 3.68. The summed E-state index contributed by atoms with van der Waals surface area (Å²) in [5.41, 5.74) is 2.65. The largest absolute Gasteiger partial charge is 0.508 e. The van der Waals surface area contributed by atoms with Crippen LogP contribution in [0, 0.1) is 0 Å². The third kappa shape index (κ3) is 4.40. The van der Waals surface area contributed by atoms with Gasteiger partial charge in [-0.1, -0.05) is 24.3 Å². The molecule has 1 aliphatic rings. The number of amides is 3. The van der Waals surface area contributed by atoms with Crippen molar-refractivity contribution in [2.45, 2.75) is 0 Å². The maximum absolute atomic E-state index is 13.1. The normalized spacial score (nSPS) is 12.7. The van der Waals surface area contributed by atoms with E-state index in [0.717, 1.165) is 4.90 Å². The SMILES string of the molecule is O=C(Nc1cccc(O)c1)c1ccc2c(c1)C(=O)N(c1ccc(N=Nc3ccccc3)cc1)C2=O. The van der Waals surface area contributed by atoms with Gasteiger partial charge in [0.1, 0.15) is 5.75 Å². The molecule has 0 aliphatic carbocycles. The number of carbonyl (C=O) groups excluding carboxylic acids is 3. The van der Waals surface area contributed by atoms with Crippen molar-refractivity contribution in [3.63, 3.8) is 0 Å². The first kappa shape index (κ1) is 21.7. The van der Waals surface area contributed by atoms with Gasteiger partial charge in [0.15, 0.2) is 0 Å². The topological polar surface area (TPSA) is 111 Å². The van der Waals surface area contributed by atoms with Crippen LogP contribution in [-0.2, 0) is 0 Å². The van der Waals surface area contributed by atoms with E-state index < -0.39 is 17.7 Å². The van der Waals surface area contributed by atoms with Crippen molar-refractivity contribution in [2.24, 2.45) is 10.2 Å². The van der Waals surface area contributed by atoms with E-state index in [9.17, 15) is 19.5 Å². The Morgan fingerprint density at radius 1 is 0.714 bits per heavy atom. The summed E-state index contributed by atoms with van der Waals surface area (Å²) in [5.74, 6) is -1.44. The first-order valence-corrected chi connectivity index (χ1v) is 10.7. The summed E-state index contributed by atoms with van der Waals surface area (Å²) >= 11 is 0. The quantitative estimate of drug-likeness (QED) is 0.286. The second kappa shape index (κ2) is 9.03. The predicted octanol–water partition coefficient (Wildman–Crippen LogP) is 5.86. The van der Waals surface area contributed by atoms with Gasteiger partial charge in [0.2, 0.25) is 0 Å². The maximum atomic E-state index is 13.1. The fourth-order valence-corrected chi connectivity index (χ4v) is 3.68. The highest BCUT2D eigenvalue weighted by Gasteiger charge is 2.37. The zero-order valence-electron chi connectivity index (χ0n) is 18.3. The minimum atomic E-state index is -0.518. The Balaban J connectivity index is 1.35. The van der Waals surface area contributed by atoms with Gasteiger partial charge in [0.05, 0.1) is 28.2 Å². The average molecular weight is 462 g/mol. The van der Waals surface area contributed by atoms with Crippen LogP contribution in [0.25, 0.3) is 0 Å². The van der Waals surface area contributed by atoms with E-state index in [1.54, 1.807) is 36.4 Å². The predicted molar refractivity (Wildman–Crippen MR) is 131 cm³/mol. The van der Waals surface area contributed by atoms with Crippen molar-refractivity contribution in [3.8, 4) is 5.75 Å². The number of azo groups is 1. The van der Waals surface area contributed by atoms with Gasteiger partial charge >= 0.3 is 0 Å². The van der Waals surface area contributed by atoms with E-state index >= 15 is 0 Å². The highest BCUT2D eigenvalue weighted by atomic mass is 16.3. The first-order valence-electron chi connectivity index (χ1n) is 10.7. The molecule has 0 aromatic heterocycles. The number of nitrogens with zero attached hydrogens (tertiary/aromatic N) is 3. The summed E-state index contributed by atoms with van der Waals surface area (Å²) in [4.78, 5) is 39.7. The Morgan fingerprint density at radius 3 is 2.11 bits per heavy atom. The second-order valence-electron chi connectivity index (χ2n) is 7.76. The minimum absolute atomic E-state index is 0.0146. The number of hydrogen-bond acceptors (Lipinski definition) is 6. The Morgan fingerprint density at radius 2 is 1.40 bits per heavy atom. The van der Waals surface area contributed by atoms with Crippen LogP contribution in [0.15, 0.2) is 107 Å². The zero-order valence-corrected chi connectivity index (χ0v) is 18.3. The molecule has 0 saturated carbocycles. The summed E-state index contributed by atoms with van der Waals surface area (Å²) in [6.07, 6.45) is 0. The molecule has 5 rings (SSSR count). The second-order valence-corrected chi connectivity index (χ2v) is 7.76. The lowest BCUT2D eigenvalue weighted by molar-refractivity contribution is 0.0925. The van der Waals surface area contributed by atoms with Crippen molar-refractivity contribution < 1.29 is 19.5 Å². The van der Waals surface area contributed by atoms with Gasteiger partial charge < -0.3 is 10.4 Å². The number of phenols is 1. The molecule has 0 bridgehead atoms. The summed E-state index contributed by atoms with van der Waals surface area (Å²) in [5, 5.41) is 20.6. The van der Waals surface area contributed by atoms with Crippen LogP contribution < -0.4 is 10.2 Å². The van der Waals surface area contributed by atoms with E-state index in [1.165, 1.54) is 30.3 Å². The van der Waals surface area contributed by atoms with Crippen LogP contribution in [0.5, 0.6) is 5.75 Å². The molecule has 8 nitrogen and oxygen atoms in total. The molecule has 0 fully saturated rings. The molecule has 8 heteroatoms. The summed E-state index contributed by atoms with van der Waals surface area (Å²) in [7, 11) is 0. The molecule has 4 aromatic carbocycles. The molecule has 1 heterocycles. The van der Waals surface area contributed by atoms with E-state index in [4.69, 9.17) is 0 Å². The van der Waals surface area contributed by atoms with Crippen molar-refractivity contribution >= 4 is 40.5 Å². The van der Waals surface area contributed by atoms with Crippen molar-refractivity contribution in [1.82, 2.24) is 0 Å². The van der Waals surface area contributed by atoms with Crippen LogP contribution in [0.2, 0.25) is 0 Å². The van der Waals surface area contributed by atoms with Gasteiger partial charge in [-0.15, -0.1) is 0 Å². The van der Waals surface area contributed by atoms with Crippen LogP contribution in [0.4, 0.5) is 22.7 Å². The van der Waals surface area contributed by atoms with E-state index in [2.05, 4.69) is 15.5 Å². The Kier molecular flexibility index (Phi) is 5.60. The minimum Gasteiger partial charge on any atom is -0.508 e. The zero-order chi connectivity index (χ0) is 24.4. The monoisotopic (exact) mass is 462 g/mol. The van der Waals surface area contributed by atoms with E-state index in [1.807, 2.05) is 30.3 Å². The molecule has 0 saturated heterocycles. The summed E-state index contributed by atoms with van der Waals surface area (Å²) in [6.45, 7) is 0. The molecule has 1 aliphatic heterocycles. The number of phenolic OH excluding ortho intramolecular Hbond substituents is 1. The van der Waals surface area contributed by atoms with Crippen molar-refractivity contribution in [3.05, 3.63) is 114 Å². The van der Waals surface area contributed by atoms with Crippen molar-refractivity contribution in [1.29, 1.82) is 0 Å². The Hall–Kier alpha value is -5.11. The molecule has 170 valence electrons. The number of benzene rings is 4. The standard InChI is InChI=1S/C27H18N4O4/c32-22-8-4-7-20(16-22)28-25(33)17-9-14-23-24(15-17)27(35)31(26(23)34)21-12-10-19(11-13-21)30-29-18-5-2-1-3-6-18/h1-16,32H,(H,28,33). The molecule has 0 radical (unpaired) electrons. The fraction of sp³-hybridized carbons (Fsp3) is 0. The molecule has 0 spiro atoms. The van der Waals surface area contributed by atoms with E-state index in [0.29, 0.717) is 22.7 Å². The molecule has 35 heavy (non-hydrogen) atoms. The number of hydrogen-bond donors (Lipinski definition) is 2. The smallest absolute Gasteiger partial charge is 0.266 e. The molecular weight excluding hydrogens is 444 g/mol. The Labute approximate surface area is 200 Å². The number of anilines is 2. The molecule has 2 N–H and O–H groups in total. The molecule has 3 amide bonds. The summed E-state index contributed by atoms with van der Waals surface area (Å²) < 4.78 is 0. The molecule has 4 aromatic rings. The third-order valence-corrected chi connectivity index (χ3v) is 5.40. The molecule has 0 atom stereocenters. The highest BCUT2D eigenvalue weighted by molar-refractivity contribution is 6.34. The number of carbonyl (C=O) groups is 3. The van der Waals surface area contributed by atoms with Crippen LogP contribution in [0.3, 0.4) is 0 Å². The van der Waals surface area contributed by atoms with Gasteiger partial charge in [-0.2, -0.15) is 10.2 Å². The van der Waals surface area contributed by atoms with Crippen LogP contribution in [0.1, 0.15) is 31.1 Å².